The van der Waals surface area contributed by atoms with E-state index in [1.165, 1.54) is 11.1 Å². The molecule has 1 saturated heterocycles. The Morgan fingerprint density at radius 2 is 2.04 bits per heavy atom. The Labute approximate surface area is 157 Å². The predicted octanol–water partition coefficient (Wildman–Crippen LogP) is 2.03. The van der Waals surface area contributed by atoms with E-state index in [-0.39, 0.29) is 11.4 Å². The number of carboxylic acid groups (broad SMARTS) is 1. The molecule has 3 heterocycles. The van der Waals surface area contributed by atoms with Gasteiger partial charge in [-0.3, -0.25) is 14.7 Å². The topological polar surface area (TPSA) is 99.6 Å². The van der Waals surface area contributed by atoms with E-state index in [4.69, 9.17) is 9.90 Å². The number of rotatable bonds is 6. The predicted molar refractivity (Wildman–Crippen MR) is 100 cm³/mol. The van der Waals surface area contributed by atoms with Gasteiger partial charge >= 0.3 is 0 Å². The molecule has 2 aromatic rings. The van der Waals surface area contributed by atoms with Crippen molar-refractivity contribution in [2.24, 2.45) is 5.92 Å². The number of piperidine rings is 1. The van der Waals surface area contributed by atoms with Crippen LogP contribution in [0.15, 0.2) is 46.9 Å². The maximum absolute atomic E-state index is 12.2. The van der Waals surface area contributed by atoms with E-state index in [0.29, 0.717) is 12.5 Å². The second kappa shape index (κ2) is 10.4. The van der Waals surface area contributed by atoms with E-state index < -0.39 is 10.0 Å². The second-order valence-corrected chi connectivity index (χ2v) is 8.74. The van der Waals surface area contributed by atoms with Crippen molar-refractivity contribution in [3.8, 4) is 0 Å². The molecule has 9 heteroatoms. The number of nitrogens with one attached hydrogen (secondary N) is 1. The monoisotopic (exact) mass is 397 g/mol. The van der Waals surface area contributed by atoms with Gasteiger partial charge in [0, 0.05) is 30.4 Å². The Bertz CT molecular complexity index is 744. The van der Waals surface area contributed by atoms with Crippen LogP contribution >= 0.6 is 11.3 Å². The fourth-order valence-corrected chi connectivity index (χ4v) is 4.61. The molecule has 0 aromatic carbocycles. The largest absolute Gasteiger partial charge is 0.483 e. The molecular weight excluding hydrogens is 374 g/mol. The van der Waals surface area contributed by atoms with E-state index >= 15 is 0 Å². The number of thiophene rings is 1. The van der Waals surface area contributed by atoms with Crippen molar-refractivity contribution in [2.75, 3.05) is 19.6 Å². The zero-order valence-corrected chi connectivity index (χ0v) is 16.0. The van der Waals surface area contributed by atoms with Gasteiger partial charge < -0.3 is 5.11 Å². The van der Waals surface area contributed by atoms with Crippen molar-refractivity contribution in [3.05, 3.63) is 46.9 Å². The first-order valence-corrected chi connectivity index (χ1v) is 10.6. The van der Waals surface area contributed by atoms with Crippen LogP contribution in [0.25, 0.3) is 0 Å². The van der Waals surface area contributed by atoms with Gasteiger partial charge in [-0.2, -0.15) is 0 Å². The van der Waals surface area contributed by atoms with Gasteiger partial charge in [0.15, 0.2) is 0 Å². The van der Waals surface area contributed by atoms with Crippen molar-refractivity contribution < 1.29 is 18.3 Å². The first kappa shape index (κ1) is 20.5. The molecule has 0 atom stereocenters. The number of sulfonamides is 1. The summed E-state index contributed by atoms with van der Waals surface area (Å²) in [4.78, 5) is 16.3. The maximum atomic E-state index is 12.2. The van der Waals surface area contributed by atoms with Crippen molar-refractivity contribution in [3.63, 3.8) is 0 Å². The van der Waals surface area contributed by atoms with E-state index in [0.717, 1.165) is 32.5 Å². The fraction of sp³-hybridized carbons (Fsp3) is 0.412. The lowest BCUT2D eigenvalue weighted by atomic mass is 9.97. The van der Waals surface area contributed by atoms with Crippen LogP contribution in [0.5, 0.6) is 0 Å². The summed E-state index contributed by atoms with van der Waals surface area (Å²) in [6, 6.07) is 7.45. The number of nitrogens with zero attached hydrogens (tertiary/aromatic N) is 2. The third-order valence-corrected chi connectivity index (χ3v) is 6.44. The maximum Gasteiger partial charge on any atom is 0.290 e. The number of hydrogen-bond acceptors (Lipinski definition) is 6. The second-order valence-electron chi connectivity index (χ2n) is 5.94. The molecule has 26 heavy (non-hydrogen) atoms. The van der Waals surface area contributed by atoms with Gasteiger partial charge in [-0.25, -0.2) is 13.1 Å². The average Bonchev–Trinajstić information content (AvgIpc) is 3.16. The van der Waals surface area contributed by atoms with Crippen LogP contribution in [-0.2, 0) is 21.4 Å². The van der Waals surface area contributed by atoms with Crippen LogP contribution in [0.3, 0.4) is 0 Å². The molecule has 0 aliphatic carbocycles. The summed E-state index contributed by atoms with van der Waals surface area (Å²) in [5.41, 5.74) is 0. The molecule has 0 bridgehead atoms. The molecule has 2 N–H and O–H groups in total. The number of aromatic nitrogens is 1. The molecule has 1 aliphatic rings. The smallest absolute Gasteiger partial charge is 0.290 e. The third kappa shape index (κ3) is 6.49. The number of pyridine rings is 1. The van der Waals surface area contributed by atoms with Crippen LogP contribution < -0.4 is 4.72 Å². The van der Waals surface area contributed by atoms with Crippen molar-refractivity contribution in [1.29, 1.82) is 0 Å². The van der Waals surface area contributed by atoms with E-state index in [2.05, 4.69) is 32.1 Å². The van der Waals surface area contributed by atoms with E-state index in [9.17, 15) is 8.42 Å². The summed E-state index contributed by atoms with van der Waals surface area (Å²) in [6.07, 6.45) is 5.01. The first-order chi connectivity index (χ1) is 12.5. The summed E-state index contributed by atoms with van der Waals surface area (Å²) in [7, 11) is -3.44. The molecule has 1 fully saturated rings. The highest BCUT2D eigenvalue weighted by molar-refractivity contribution is 7.89. The minimum absolute atomic E-state index is 0.232. The summed E-state index contributed by atoms with van der Waals surface area (Å²) in [5, 5.41) is 9.00. The Morgan fingerprint density at radius 3 is 2.62 bits per heavy atom. The molecule has 0 unspecified atom stereocenters. The van der Waals surface area contributed by atoms with Crippen molar-refractivity contribution >= 4 is 27.8 Å². The minimum Gasteiger partial charge on any atom is -0.483 e. The molecule has 0 saturated carbocycles. The molecule has 0 spiro atoms. The zero-order valence-electron chi connectivity index (χ0n) is 14.3. The van der Waals surface area contributed by atoms with Crippen LogP contribution in [0.1, 0.15) is 17.7 Å². The van der Waals surface area contributed by atoms with Gasteiger partial charge in [0.1, 0.15) is 4.90 Å². The standard InChI is InChI=1S/C16H21N3O2S2.CH2O2/c20-23(21,16-4-1-7-17-12-16)18-11-14-5-8-19(9-6-14)13-15-3-2-10-22-15;2-1-3/h1-4,7,10,12,14,18H,5-6,8-9,11,13H2;1H,(H,2,3). The average molecular weight is 398 g/mol. The van der Waals surface area contributed by atoms with Crippen molar-refractivity contribution in [1.82, 2.24) is 14.6 Å². The summed E-state index contributed by atoms with van der Waals surface area (Å²) < 4.78 is 27.1. The van der Waals surface area contributed by atoms with Crippen LogP contribution in [-0.4, -0.2) is 49.5 Å². The minimum atomic E-state index is -3.44. The molecule has 2 aromatic heterocycles. The SMILES string of the molecule is O=CO.O=S(=O)(NCC1CCN(Cc2cccs2)CC1)c1cccnc1. The molecule has 3 rings (SSSR count). The Kier molecular flexibility index (Phi) is 8.17. The lowest BCUT2D eigenvalue weighted by Crippen LogP contribution is -2.38. The van der Waals surface area contributed by atoms with Crippen molar-refractivity contribution in [2.45, 2.75) is 24.3 Å². The Hall–Kier alpha value is -1.81. The zero-order chi connectivity index (χ0) is 18.8. The van der Waals surface area contributed by atoms with Crippen LogP contribution in [0, 0.1) is 5.92 Å². The highest BCUT2D eigenvalue weighted by Crippen LogP contribution is 2.20. The quantitative estimate of drug-likeness (QED) is 0.724. The highest BCUT2D eigenvalue weighted by atomic mass is 32.2. The van der Waals surface area contributed by atoms with Gasteiger partial charge in [0.25, 0.3) is 6.47 Å². The molecule has 7 nitrogen and oxygen atoms in total. The lowest BCUT2D eigenvalue weighted by molar-refractivity contribution is -0.122. The third-order valence-electron chi connectivity index (χ3n) is 4.17. The number of likely N-dealkylation sites (tertiary alicyclic amines) is 1. The van der Waals surface area contributed by atoms with E-state index in [1.807, 2.05) is 0 Å². The molecule has 142 valence electrons. The van der Waals surface area contributed by atoms with Crippen LogP contribution in [0.4, 0.5) is 0 Å². The molecule has 0 amide bonds. The highest BCUT2D eigenvalue weighted by Gasteiger charge is 2.22. The molecule has 1 aliphatic heterocycles. The van der Waals surface area contributed by atoms with Gasteiger partial charge in [-0.05, 0) is 55.4 Å². The normalized spacial score (nSPS) is 15.8. The number of carbonyl (C=O) groups is 1. The lowest BCUT2D eigenvalue weighted by Gasteiger charge is -2.31. The summed E-state index contributed by atoms with van der Waals surface area (Å²) in [5.74, 6) is 0.404. The fourth-order valence-electron chi connectivity index (χ4n) is 2.79. The van der Waals surface area contributed by atoms with Gasteiger partial charge in [-0.15, -0.1) is 11.3 Å². The van der Waals surface area contributed by atoms with Gasteiger partial charge in [-0.1, -0.05) is 6.07 Å². The molecular formula is C17H23N3O4S2. The molecule has 0 radical (unpaired) electrons. The Morgan fingerprint density at radius 1 is 1.31 bits per heavy atom. The van der Waals surface area contributed by atoms with Gasteiger partial charge in [0.2, 0.25) is 10.0 Å². The summed E-state index contributed by atoms with van der Waals surface area (Å²) >= 11 is 1.79. The number of hydrogen-bond donors (Lipinski definition) is 2. The summed E-state index contributed by atoms with van der Waals surface area (Å²) in [6.45, 7) is 3.31. The van der Waals surface area contributed by atoms with Gasteiger partial charge in [0.05, 0.1) is 0 Å². The van der Waals surface area contributed by atoms with Crippen LogP contribution in [0.2, 0.25) is 0 Å². The first-order valence-electron chi connectivity index (χ1n) is 8.27. The Balaban J connectivity index is 0.000000758. The van der Waals surface area contributed by atoms with E-state index in [1.54, 1.807) is 29.7 Å².